The fourth-order valence-corrected chi connectivity index (χ4v) is 3.40. The van der Waals surface area contributed by atoms with E-state index in [0.717, 1.165) is 11.1 Å². The van der Waals surface area contributed by atoms with Crippen molar-refractivity contribution in [3.8, 4) is 6.07 Å². The van der Waals surface area contributed by atoms with E-state index in [2.05, 4.69) is 21.7 Å². The van der Waals surface area contributed by atoms with E-state index in [1.54, 1.807) is 20.0 Å². The first-order valence-electron chi connectivity index (χ1n) is 9.63. The van der Waals surface area contributed by atoms with Gasteiger partial charge in [0.05, 0.1) is 6.54 Å². The van der Waals surface area contributed by atoms with E-state index < -0.39 is 0 Å². The van der Waals surface area contributed by atoms with Crippen LogP contribution in [-0.2, 0) is 9.59 Å². The number of nitrogens with one attached hydrogen (secondary N) is 2. The smallest absolute Gasteiger partial charge is 0.240 e. The normalized spacial score (nSPS) is 15.0. The Morgan fingerprint density at radius 2 is 2.00 bits per heavy atom. The summed E-state index contributed by atoms with van der Waals surface area (Å²) in [5, 5.41) is 14.8. The van der Waals surface area contributed by atoms with Gasteiger partial charge in [-0.2, -0.15) is 5.26 Å². The first kappa shape index (κ1) is 20.6. The van der Waals surface area contributed by atoms with Crippen molar-refractivity contribution in [1.82, 2.24) is 9.88 Å². The molecule has 0 saturated carbocycles. The van der Waals surface area contributed by atoms with Crippen LogP contribution < -0.4 is 10.6 Å². The largest absolute Gasteiger partial charge is 0.444 e. The number of likely N-dealkylation sites (tertiary alicyclic amines) is 1. The zero-order valence-electron chi connectivity index (χ0n) is 16.9. The summed E-state index contributed by atoms with van der Waals surface area (Å²) in [6.45, 7) is 6.98. The van der Waals surface area contributed by atoms with Crippen molar-refractivity contribution in [2.75, 3.05) is 30.3 Å². The quantitative estimate of drug-likeness (QED) is 0.805. The lowest BCUT2D eigenvalue weighted by Crippen LogP contribution is -2.41. The molecule has 1 aliphatic heterocycles. The highest BCUT2D eigenvalue weighted by atomic mass is 16.4. The molecule has 2 aromatic rings. The molecule has 29 heavy (non-hydrogen) atoms. The molecule has 0 bridgehead atoms. The van der Waals surface area contributed by atoms with Crippen molar-refractivity contribution in [1.29, 1.82) is 5.26 Å². The Bertz CT molecular complexity index is 952. The third kappa shape index (κ3) is 5.00. The lowest BCUT2D eigenvalue weighted by molar-refractivity contribution is -0.121. The minimum Gasteiger partial charge on any atom is -0.444 e. The molecule has 8 heteroatoms. The zero-order chi connectivity index (χ0) is 21.0. The van der Waals surface area contributed by atoms with Gasteiger partial charge in [0.15, 0.2) is 0 Å². The molecular weight excluding hydrogens is 370 g/mol. The van der Waals surface area contributed by atoms with Crippen LogP contribution in [0.5, 0.6) is 0 Å². The van der Waals surface area contributed by atoms with Gasteiger partial charge in [0, 0.05) is 17.7 Å². The van der Waals surface area contributed by atoms with E-state index in [-0.39, 0.29) is 30.2 Å². The van der Waals surface area contributed by atoms with Gasteiger partial charge >= 0.3 is 0 Å². The second-order valence-electron chi connectivity index (χ2n) is 7.41. The highest BCUT2D eigenvalue weighted by molar-refractivity contribution is 5.93. The molecule has 2 amide bonds. The molecule has 0 unspecified atom stereocenters. The fourth-order valence-electron chi connectivity index (χ4n) is 3.40. The highest BCUT2D eigenvalue weighted by Crippen LogP contribution is 2.25. The monoisotopic (exact) mass is 395 g/mol. The van der Waals surface area contributed by atoms with Gasteiger partial charge in [-0.15, -0.1) is 0 Å². The molecule has 1 saturated heterocycles. The molecule has 0 aromatic carbocycles. The number of aromatic nitrogens is 1. The summed E-state index contributed by atoms with van der Waals surface area (Å²) in [5.41, 5.74) is 2.13. The number of anilines is 2. The molecule has 8 nitrogen and oxygen atoms in total. The molecule has 3 rings (SSSR count). The summed E-state index contributed by atoms with van der Waals surface area (Å²) in [6, 6.07) is 5.78. The van der Waals surface area contributed by atoms with Crippen LogP contribution in [0.25, 0.3) is 0 Å². The van der Waals surface area contributed by atoms with Crippen LogP contribution in [0.3, 0.4) is 0 Å². The first-order chi connectivity index (χ1) is 13.9. The van der Waals surface area contributed by atoms with Crippen molar-refractivity contribution in [2.45, 2.75) is 33.6 Å². The van der Waals surface area contributed by atoms with E-state index >= 15 is 0 Å². The SMILES string of the molecule is Cc1ccnc(NC(=O)C2CCN(CC(=O)Nc3oc(C)c(C)c3C#N)CC2)c1. The van der Waals surface area contributed by atoms with E-state index in [4.69, 9.17) is 4.42 Å². The fraction of sp³-hybridized carbons (Fsp3) is 0.429. The molecule has 0 aliphatic carbocycles. The zero-order valence-corrected chi connectivity index (χ0v) is 16.9. The predicted octanol–water partition coefficient (Wildman–Crippen LogP) is 2.76. The molecule has 0 radical (unpaired) electrons. The number of nitriles is 1. The van der Waals surface area contributed by atoms with Crippen LogP contribution in [0.4, 0.5) is 11.7 Å². The van der Waals surface area contributed by atoms with Crippen molar-refractivity contribution in [3.05, 3.63) is 40.8 Å². The Kier molecular flexibility index (Phi) is 6.29. The third-order valence-corrected chi connectivity index (χ3v) is 5.24. The lowest BCUT2D eigenvalue weighted by Gasteiger charge is -2.30. The number of piperidine rings is 1. The Morgan fingerprint density at radius 1 is 1.28 bits per heavy atom. The van der Waals surface area contributed by atoms with Crippen molar-refractivity contribution < 1.29 is 14.0 Å². The maximum Gasteiger partial charge on any atom is 0.240 e. The molecule has 1 fully saturated rings. The first-order valence-corrected chi connectivity index (χ1v) is 9.63. The number of hydrogen-bond donors (Lipinski definition) is 2. The second kappa shape index (κ2) is 8.88. The summed E-state index contributed by atoms with van der Waals surface area (Å²) in [5.74, 6) is 1.01. The summed E-state index contributed by atoms with van der Waals surface area (Å²) < 4.78 is 5.48. The van der Waals surface area contributed by atoms with E-state index in [1.807, 2.05) is 24.0 Å². The molecular formula is C21H25N5O3. The van der Waals surface area contributed by atoms with Gasteiger partial charge in [0.2, 0.25) is 17.7 Å². The average Bonchev–Trinajstić information content (AvgIpc) is 2.95. The number of hydrogen-bond acceptors (Lipinski definition) is 6. The number of rotatable bonds is 5. The molecule has 152 valence electrons. The standard InChI is InChI=1S/C21H25N5O3/c1-13-4-7-23-18(10-13)24-20(28)16-5-8-26(9-6-16)12-19(27)25-21-17(11-22)14(2)15(3)29-21/h4,7,10,16H,5-6,8-9,12H2,1-3H3,(H,25,27)(H,23,24,28). The molecule has 2 N–H and O–H groups in total. The van der Waals surface area contributed by atoms with Crippen LogP contribution in [0.2, 0.25) is 0 Å². The van der Waals surface area contributed by atoms with Crippen LogP contribution in [0, 0.1) is 38.0 Å². The minimum atomic E-state index is -0.234. The van der Waals surface area contributed by atoms with Gasteiger partial charge < -0.3 is 9.73 Å². The predicted molar refractivity (Wildman–Crippen MR) is 108 cm³/mol. The number of aryl methyl sites for hydroxylation is 2. The van der Waals surface area contributed by atoms with Crippen molar-refractivity contribution in [3.63, 3.8) is 0 Å². The van der Waals surface area contributed by atoms with E-state index in [0.29, 0.717) is 43.1 Å². The van der Waals surface area contributed by atoms with Gasteiger partial charge in [0.25, 0.3) is 0 Å². The summed E-state index contributed by atoms with van der Waals surface area (Å²) >= 11 is 0. The van der Waals surface area contributed by atoms with Gasteiger partial charge in [0.1, 0.15) is 23.2 Å². The Hall–Kier alpha value is -3.18. The average molecular weight is 395 g/mol. The maximum atomic E-state index is 12.5. The lowest BCUT2D eigenvalue weighted by atomic mass is 9.96. The van der Waals surface area contributed by atoms with Gasteiger partial charge in [-0.1, -0.05) is 0 Å². The van der Waals surface area contributed by atoms with E-state index in [1.165, 1.54) is 0 Å². The van der Waals surface area contributed by atoms with Crippen molar-refractivity contribution >= 4 is 23.5 Å². The van der Waals surface area contributed by atoms with Gasteiger partial charge in [-0.3, -0.25) is 19.8 Å². The highest BCUT2D eigenvalue weighted by Gasteiger charge is 2.26. The van der Waals surface area contributed by atoms with Gasteiger partial charge in [-0.05, 0) is 64.4 Å². The number of pyridine rings is 1. The van der Waals surface area contributed by atoms with Crippen LogP contribution in [0.1, 0.15) is 35.3 Å². The van der Waals surface area contributed by atoms with Crippen LogP contribution in [0.15, 0.2) is 22.7 Å². The number of nitrogens with zero attached hydrogens (tertiary/aromatic N) is 3. The van der Waals surface area contributed by atoms with Crippen LogP contribution in [-0.4, -0.2) is 41.3 Å². The Morgan fingerprint density at radius 3 is 2.66 bits per heavy atom. The van der Waals surface area contributed by atoms with Crippen molar-refractivity contribution in [2.24, 2.45) is 5.92 Å². The number of carbonyl (C=O) groups is 2. The maximum absolute atomic E-state index is 12.5. The number of furan rings is 1. The Labute approximate surface area is 169 Å². The topological polar surface area (TPSA) is 111 Å². The second-order valence-corrected chi connectivity index (χ2v) is 7.41. The summed E-state index contributed by atoms with van der Waals surface area (Å²) in [6.07, 6.45) is 3.02. The molecule has 1 aliphatic rings. The Balaban J connectivity index is 1.48. The molecule has 0 spiro atoms. The third-order valence-electron chi connectivity index (χ3n) is 5.24. The molecule has 2 aromatic heterocycles. The van der Waals surface area contributed by atoms with E-state index in [9.17, 15) is 14.9 Å². The van der Waals surface area contributed by atoms with Gasteiger partial charge in [-0.25, -0.2) is 4.98 Å². The number of amides is 2. The summed E-state index contributed by atoms with van der Waals surface area (Å²) in [4.78, 5) is 31.0. The number of carbonyl (C=O) groups excluding carboxylic acids is 2. The minimum absolute atomic E-state index is 0.0348. The van der Waals surface area contributed by atoms with Crippen LogP contribution >= 0.6 is 0 Å². The summed E-state index contributed by atoms with van der Waals surface area (Å²) in [7, 11) is 0. The molecule has 0 atom stereocenters. The molecule has 3 heterocycles.